The first-order chi connectivity index (χ1) is 12.1. The minimum Gasteiger partial charge on any atom is -0.381 e. The van der Waals surface area contributed by atoms with Gasteiger partial charge in [-0.3, -0.25) is 4.79 Å². The summed E-state index contributed by atoms with van der Waals surface area (Å²) >= 11 is 1.65. The van der Waals surface area contributed by atoms with Gasteiger partial charge in [0.15, 0.2) is 11.6 Å². The van der Waals surface area contributed by atoms with Crippen LogP contribution in [0, 0.1) is 6.92 Å². The predicted molar refractivity (Wildman–Crippen MR) is 95.0 cm³/mol. The van der Waals surface area contributed by atoms with Gasteiger partial charge in [0.1, 0.15) is 0 Å². The number of rotatable bonds is 4. The van der Waals surface area contributed by atoms with Gasteiger partial charge >= 0.3 is 0 Å². The van der Waals surface area contributed by atoms with Crippen molar-refractivity contribution in [2.75, 3.05) is 13.2 Å². The molecule has 130 valence electrons. The van der Waals surface area contributed by atoms with Crippen LogP contribution in [0.5, 0.6) is 0 Å². The summed E-state index contributed by atoms with van der Waals surface area (Å²) in [6.45, 7) is 5.23. The van der Waals surface area contributed by atoms with Crippen molar-refractivity contribution < 1.29 is 9.53 Å². The smallest absolute Gasteiger partial charge is 0.217 e. The van der Waals surface area contributed by atoms with E-state index in [1.165, 1.54) is 6.92 Å². The molecule has 1 fully saturated rings. The van der Waals surface area contributed by atoms with E-state index >= 15 is 0 Å². The molecule has 1 aliphatic heterocycles. The van der Waals surface area contributed by atoms with E-state index in [4.69, 9.17) is 9.84 Å². The summed E-state index contributed by atoms with van der Waals surface area (Å²) in [5, 5.41) is 8.56. The Balaban J connectivity index is 1.74. The summed E-state index contributed by atoms with van der Waals surface area (Å²) in [5.74, 6) is 1.62. The standard InChI is InChI=1S/C17H19N5O2S/c1-10(23)18-8-16-20-17(12-5-6-24-9-12)21-22(16)13-3-4-14-15(7-13)25-11(2)19-14/h3-4,7,12H,5-6,8-9H2,1-2H3,(H,18,23)/t12-/m0/s1. The van der Waals surface area contributed by atoms with Crippen molar-refractivity contribution in [1.29, 1.82) is 0 Å². The van der Waals surface area contributed by atoms with E-state index < -0.39 is 0 Å². The van der Waals surface area contributed by atoms with Crippen LogP contribution in [0.15, 0.2) is 18.2 Å². The quantitative estimate of drug-likeness (QED) is 0.775. The molecular formula is C17H19N5O2S. The number of nitrogens with zero attached hydrogens (tertiary/aromatic N) is 4. The van der Waals surface area contributed by atoms with Crippen molar-refractivity contribution in [2.45, 2.75) is 32.7 Å². The summed E-state index contributed by atoms with van der Waals surface area (Å²) in [6, 6.07) is 6.06. The summed E-state index contributed by atoms with van der Waals surface area (Å²) < 4.78 is 8.39. The largest absolute Gasteiger partial charge is 0.381 e. The van der Waals surface area contributed by atoms with Gasteiger partial charge in [-0.1, -0.05) is 0 Å². The molecule has 0 aliphatic carbocycles. The molecule has 1 aliphatic rings. The average Bonchev–Trinajstić information content (AvgIpc) is 3.30. The minimum absolute atomic E-state index is 0.0890. The fourth-order valence-electron chi connectivity index (χ4n) is 2.96. The van der Waals surface area contributed by atoms with E-state index in [-0.39, 0.29) is 11.8 Å². The van der Waals surface area contributed by atoms with E-state index in [1.807, 2.05) is 23.7 Å². The maximum absolute atomic E-state index is 11.3. The highest BCUT2D eigenvalue weighted by atomic mass is 32.1. The van der Waals surface area contributed by atoms with Crippen LogP contribution in [0.4, 0.5) is 0 Å². The number of benzene rings is 1. The summed E-state index contributed by atoms with van der Waals surface area (Å²) in [7, 11) is 0. The molecule has 0 bridgehead atoms. The van der Waals surface area contributed by atoms with E-state index in [9.17, 15) is 4.79 Å². The highest BCUT2D eigenvalue weighted by Crippen LogP contribution is 2.27. The highest BCUT2D eigenvalue weighted by molar-refractivity contribution is 7.18. The van der Waals surface area contributed by atoms with E-state index in [0.717, 1.165) is 45.6 Å². The van der Waals surface area contributed by atoms with Crippen LogP contribution in [0.1, 0.15) is 35.9 Å². The number of carbonyl (C=O) groups is 1. The number of aromatic nitrogens is 4. The lowest BCUT2D eigenvalue weighted by Gasteiger charge is -2.06. The van der Waals surface area contributed by atoms with Gasteiger partial charge in [-0.2, -0.15) is 5.10 Å². The van der Waals surface area contributed by atoms with Gasteiger partial charge in [-0.05, 0) is 31.5 Å². The Morgan fingerprint density at radius 2 is 2.32 bits per heavy atom. The van der Waals surface area contributed by atoms with Crippen molar-refractivity contribution in [3.8, 4) is 5.69 Å². The molecule has 0 unspecified atom stereocenters. The van der Waals surface area contributed by atoms with Crippen molar-refractivity contribution in [1.82, 2.24) is 25.1 Å². The number of hydrogen-bond acceptors (Lipinski definition) is 6. The topological polar surface area (TPSA) is 81.9 Å². The highest BCUT2D eigenvalue weighted by Gasteiger charge is 2.24. The first-order valence-electron chi connectivity index (χ1n) is 8.26. The number of aryl methyl sites for hydroxylation is 1. The lowest BCUT2D eigenvalue weighted by Crippen LogP contribution is -2.21. The second kappa shape index (κ2) is 6.53. The average molecular weight is 357 g/mol. The third kappa shape index (κ3) is 3.27. The van der Waals surface area contributed by atoms with E-state index in [0.29, 0.717) is 13.2 Å². The SMILES string of the molecule is CC(=O)NCc1nc([C@H]2CCOC2)nn1-c1ccc2nc(C)sc2c1. The third-order valence-electron chi connectivity index (χ3n) is 4.20. The van der Waals surface area contributed by atoms with Gasteiger partial charge in [0.05, 0.1) is 34.1 Å². The Kier molecular flexibility index (Phi) is 4.22. The Morgan fingerprint density at radius 1 is 1.44 bits per heavy atom. The third-order valence-corrected chi connectivity index (χ3v) is 5.14. The Labute approximate surface area is 149 Å². The van der Waals surface area contributed by atoms with Crippen LogP contribution in [-0.2, 0) is 16.1 Å². The number of amides is 1. The molecule has 3 aromatic rings. The molecule has 1 aromatic carbocycles. The summed E-state index contributed by atoms with van der Waals surface area (Å²) in [6.07, 6.45) is 0.927. The molecule has 1 amide bonds. The maximum atomic E-state index is 11.3. The van der Waals surface area contributed by atoms with Gasteiger partial charge in [0, 0.05) is 19.4 Å². The van der Waals surface area contributed by atoms with E-state index in [2.05, 4.69) is 21.4 Å². The molecule has 1 N–H and O–H groups in total. The number of nitrogens with one attached hydrogen (secondary N) is 1. The summed E-state index contributed by atoms with van der Waals surface area (Å²) in [4.78, 5) is 20.5. The van der Waals surface area contributed by atoms with Crippen LogP contribution in [0.2, 0.25) is 0 Å². The molecular weight excluding hydrogens is 338 g/mol. The van der Waals surface area contributed by atoms with Gasteiger partial charge in [0.25, 0.3) is 0 Å². The number of fused-ring (bicyclic) bond motifs is 1. The Morgan fingerprint density at radius 3 is 3.08 bits per heavy atom. The molecule has 7 nitrogen and oxygen atoms in total. The number of thiazole rings is 1. The van der Waals surface area contributed by atoms with Gasteiger partial charge in [-0.25, -0.2) is 14.6 Å². The zero-order chi connectivity index (χ0) is 17.4. The first-order valence-corrected chi connectivity index (χ1v) is 9.07. The molecule has 2 aromatic heterocycles. The maximum Gasteiger partial charge on any atom is 0.217 e. The normalized spacial score (nSPS) is 17.3. The van der Waals surface area contributed by atoms with Crippen LogP contribution < -0.4 is 5.32 Å². The van der Waals surface area contributed by atoms with Crippen LogP contribution in [-0.4, -0.2) is 38.9 Å². The second-order valence-corrected chi connectivity index (χ2v) is 7.39. The molecule has 0 saturated carbocycles. The molecule has 1 atom stereocenters. The summed E-state index contributed by atoms with van der Waals surface area (Å²) in [5.41, 5.74) is 1.91. The number of hydrogen-bond donors (Lipinski definition) is 1. The number of ether oxygens (including phenoxy) is 1. The van der Waals surface area contributed by atoms with Crippen molar-refractivity contribution >= 4 is 27.5 Å². The molecule has 0 radical (unpaired) electrons. The fourth-order valence-corrected chi connectivity index (χ4v) is 3.82. The minimum atomic E-state index is -0.0890. The lowest BCUT2D eigenvalue weighted by molar-refractivity contribution is -0.119. The zero-order valence-corrected chi connectivity index (χ0v) is 15.0. The van der Waals surface area contributed by atoms with E-state index in [1.54, 1.807) is 11.3 Å². The second-order valence-electron chi connectivity index (χ2n) is 6.15. The van der Waals surface area contributed by atoms with Gasteiger partial charge in [-0.15, -0.1) is 11.3 Å². The molecule has 4 rings (SSSR count). The Hall–Kier alpha value is -2.32. The van der Waals surface area contributed by atoms with Crippen LogP contribution in [0.25, 0.3) is 15.9 Å². The molecule has 1 saturated heterocycles. The number of carbonyl (C=O) groups excluding carboxylic acids is 1. The fraction of sp³-hybridized carbons (Fsp3) is 0.412. The van der Waals surface area contributed by atoms with Crippen molar-refractivity contribution in [3.05, 3.63) is 34.9 Å². The Bertz CT molecular complexity index is 926. The monoisotopic (exact) mass is 357 g/mol. The van der Waals surface area contributed by atoms with Gasteiger partial charge in [0.2, 0.25) is 5.91 Å². The molecule has 25 heavy (non-hydrogen) atoms. The molecule has 0 spiro atoms. The van der Waals surface area contributed by atoms with Crippen LogP contribution in [0.3, 0.4) is 0 Å². The first kappa shape index (κ1) is 16.2. The lowest BCUT2D eigenvalue weighted by atomic mass is 10.1. The van der Waals surface area contributed by atoms with Crippen LogP contribution >= 0.6 is 11.3 Å². The zero-order valence-electron chi connectivity index (χ0n) is 14.2. The van der Waals surface area contributed by atoms with Crippen molar-refractivity contribution in [2.24, 2.45) is 0 Å². The predicted octanol–water partition coefficient (Wildman–Crippen LogP) is 2.33. The molecule has 8 heteroatoms. The van der Waals surface area contributed by atoms with Gasteiger partial charge < -0.3 is 10.1 Å². The van der Waals surface area contributed by atoms with Crippen molar-refractivity contribution in [3.63, 3.8) is 0 Å². The molecule has 3 heterocycles.